The quantitative estimate of drug-likeness (QED) is 0.859. The third-order valence-corrected chi connectivity index (χ3v) is 4.53. The molecule has 0 aliphatic heterocycles. The number of hydrogen-bond donors (Lipinski definition) is 1. The smallest absolute Gasteiger partial charge is 0.416 e. The molecule has 0 saturated heterocycles. The van der Waals surface area contributed by atoms with Gasteiger partial charge in [-0.15, -0.1) is 0 Å². The van der Waals surface area contributed by atoms with Gasteiger partial charge in [0.2, 0.25) is 10.0 Å². The first-order valence-electron chi connectivity index (χ1n) is 7.07. The van der Waals surface area contributed by atoms with Crippen molar-refractivity contribution in [2.75, 3.05) is 6.54 Å². The second-order valence-corrected chi connectivity index (χ2v) is 6.89. The number of hydrogen-bond acceptors (Lipinski definition) is 3. The zero-order valence-corrected chi connectivity index (χ0v) is 13.6. The lowest BCUT2D eigenvalue weighted by Gasteiger charge is -2.16. The van der Waals surface area contributed by atoms with Crippen molar-refractivity contribution in [3.05, 3.63) is 60.2 Å². The SMILES string of the molecule is CC(CNS(=O)(=O)c1cccc(C(F)(F)F)c1)Oc1ccccc1. The highest BCUT2D eigenvalue weighted by molar-refractivity contribution is 7.89. The van der Waals surface area contributed by atoms with Crippen LogP contribution in [-0.2, 0) is 16.2 Å². The molecule has 130 valence electrons. The van der Waals surface area contributed by atoms with Crippen molar-refractivity contribution in [2.24, 2.45) is 0 Å². The Balaban J connectivity index is 2.03. The van der Waals surface area contributed by atoms with Gasteiger partial charge in [-0.25, -0.2) is 13.1 Å². The number of alkyl halides is 3. The Kier molecular flexibility index (Phi) is 5.51. The van der Waals surface area contributed by atoms with Crippen molar-refractivity contribution in [1.82, 2.24) is 4.72 Å². The summed E-state index contributed by atoms with van der Waals surface area (Å²) < 4.78 is 70.1. The van der Waals surface area contributed by atoms with E-state index < -0.39 is 32.8 Å². The summed E-state index contributed by atoms with van der Waals surface area (Å²) in [7, 11) is -4.06. The number of sulfonamides is 1. The molecule has 1 atom stereocenters. The second kappa shape index (κ2) is 7.23. The van der Waals surface area contributed by atoms with Gasteiger partial charge in [0, 0.05) is 6.54 Å². The minimum Gasteiger partial charge on any atom is -0.489 e. The maximum Gasteiger partial charge on any atom is 0.416 e. The Hall–Kier alpha value is -2.06. The van der Waals surface area contributed by atoms with Crippen LogP contribution in [0.5, 0.6) is 5.75 Å². The first kappa shape index (κ1) is 18.3. The van der Waals surface area contributed by atoms with Gasteiger partial charge < -0.3 is 4.74 Å². The lowest BCUT2D eigenvalue weighted by Crippen LogP contribution is -2.33. The van der Waals surface area contributed by atoms with Gasteiger partial charge in [-0.2, -0.15) is 13.2 Å². The molecule has 0 aromatic heterocycles. The molecule has 0 heterocycles. The molecule has 0 radical (unpaired) electrons. The lowest BCUT2D eigenvalue weighted by molar-refractivity contribution is -0.137. The van der Waals surface area contributed by atoms with E-state index in [4.69, 9.17) is 4.74 Å². The topological polar surface area (TPSA) is 55.4 Å². The van der Waals surface area contributed by atoms with Gasteiger partial charge in [-0.3, -0.25) is 0 Å². The molecular weight excluding hydrogens is 343 g/mol. The molecule has 0 aliphatic rings. The first-order valence-corrected chi connectivity index (χ1v) is 8.55. The summed E-state index contributed by atoms with van der Waals surface area (Å²) in [6.45, 7) is 1.58. The van der Waals surface area contributed by atoms with Crippen LogP contribution < -0.4 is 9.46 Å². The maximum atomic E-state index is 12.7. The maximum absolute atomic E-state index is 12.7. The van der Waals surface area contributed by atoms with Gasteiger partial charge >= 0.3 is 6.18 Å². The standard InChI is InChI=1S/C16H16F3NO3S/c1-12(23-14-7-3-2-4-8-14)11-20-24(21,22)15-9-5-6-13(10-15)16(17,18)19/h2-10,12,20H,11H2,1H3. The predicted molar refractivity (Wildman–Crippen MR) is 83.2 cm³/mol. The number of rotatable bonds is 6. The van der Waals surface area contributed by atoms with Gasteiger partial charge in [0.25, 0.3) is 0 Å². The molecule has 0 fully saturated rings. The van der Waals surface area contributed by atoms with Crippen molar-refractivity contribution >= 4 is 10.0 Å². The van der Waals surface area contributed by atoms with Crippen LogP contribution in [0, 0.1) is 0 Å². The summed E-state index contributed by atoms with van der Waals surface area (Å²) in [5.41, 5.74) is -1.01. The summed E-state index contributed by atoms with van der Waals surface area (Å²) in [6, 6.07) is 12.4. The summed E-state index contributed by atoms with van der Waals surface area (Å²) in [6.07, 6.45) is -5.09. The predicted octanol–water partition coefficient (Wildman–Crippen LogP) is 3.45. The third-order valence-electron chi connectivity index (χ3n) is 3.11. The van der Waals surface area contributed by atoms with E-state index in [1.807, 2.05) is 6.07 Å². The number of halogens is 3. The molecule has 0 saturated carbocycles. The molecule has 2 rings (SSSR count). The van der Waals surface area contributed by atoms with Gasteiger partial charge in [0.1, 0.15) is 11.9 Å². The van der Waals surface area contributed by atoms with Crippen molar-refractivity contribution in [2.45, 2.75) is 24.1 Å². The van der Waals surface area contributed by atoms with Crippen LogP contribution in [0.25, 0.3) is 0 Å². The zero-order chi connectivity index (χ0) is 17.8. The molecular formula is C16H16F3NO3S. The van der Waals surface area contributed by atoms with Crippen molar-refractivity contribution in [3.8, 4) is 5.75 Å². The molecule has 24 heavy (non-hydrogen) atoms. The lowest BCUT2D eigenvalue weighted by atomic mass is 10.2. The van der Waals surface area contributed by atoms with Crippen molar-refractivity contribution in [3.63, 3.8) is 0 Å². The Morgan fingerprint density at radius 1 is 1.08 bits per heavy atom. The van der Waals surface area contributed by atoms with Gasteiger partial charge in [0.05, 0.1) is 10.5 Å². The second-order valence-electron chi connectivity index (χ2n) is 5.12. The van der Waals surface area contributed by atoms with Gasteiger partial charge in [0.15, 0.2) is 0 Å². The van der Waals surface area contributed by atoms with Gasteiger partial charge in [-0.05, 0) is 37.3 Å². The van der Waals surface area contributed by atoms with Crippen LogP contribution in [0.1, 0.15) is 12.5 Å². The fraction of sp³-hybridized carbons (Fsp3) is 0.250. The van der Waals surface area contributed by atoms with E-state index in [1.165, 1.54) is 0 Å². The summed E-state index contributed by atoms with van der Waals surface area (Å²) in [4.78, 5) is -0.441. The van der Waals surface area contributed by atoms with E-state index in [9.17, 15) is 21.6 Å². The largest absolute Gasteiger partial charge is 0.489 e. The molecule has 2 aromatic rings. The molecule has 0 bridgehead atoms. The summed E-state index contributed by atoms with van der Waals surface area (Å²) in [5, 5.41) is 0. The van der Waals surface area contributed by atoms with Crippen LogP contribution in [-0.4, -0.2) is 21.1 Å². The number of nitrogens with one attached hydrogen (secondary N) is 1. The molecule has 0 spiro atoms. The van der Waals surface area contributed by atoms with E-state index in [0.29, 0.717) is 11.8 Å². The molecule has 8 heteroatoms. The molecule has 1 N–H and O–H groups in total. The van der Waals surface area contributed by atoms with Gasteiger partial charge in [-0.1, -0.05) is 24.3 Å². The average Bonchev–Trinajstić information content (AvgIpc) is 2.53. The number of para-hydroxylation sites is 1. The normalized spacial score (nSPS) is 13.5. The average molecular weight is 359 g/mol. The fourth-order valence-corrected chi connectivity index (χ4v) is 3.08. The fourth-order valence-electron chi connectivity index (χ4n) is 1.92. The van der Waals surface area contributed by atoms with Crippen LogP contribution in [0.4, 0.5) is 13.2 Å². The van der Waals surface area contributed by atoms with E-state index in [2.05, 4.69) is 4.72 Å². The van der Waals surface area contributed by atoms with Crippen LogP contribution in [0.3, 0.4) is 0 Å². The molecule has 0 amide bonds. The Labute approximate surface area is 138 Å². The van der Waals surface area contributed by atoms with E-state index in [0.717, 1.165) is 18.2 Å². The van der Waals surface area contributed by atoms with Crippen molar-refractivity contribution < 1.29 is 26.3 Å². The van der Waals surface area contributed by atoms with Crippen LogP contribution >= 0.6 is 0 Å². The first-order chi connectivity index (χ1) is 11.2. The third kappa shape index (κ3) is 4.97. The van der Waals surface area contributed by atoms with Crippen LogP contribution in [0.15, 0.2) is 59.5 Å². The van der Waals surface area contributed by atoms with E-state index >= 15 is 0 Å². The minimum absolute atomic E-state index is 0.0759. The van der Waals surface area contributed by atoms with E-state index in [-0.39, 0.29) is 6.54 Å². The highest BCUT2D eigenvalue weighted by Crippen LogP contribution is 2.30. The number of ether oxygens (including phenoxy) is 1. The number of benzene rings is 2. The Morgan fingerprint density at radius 2 is 1.75 bits per heavy atom. The highest BCUT2D eigenvalue weighted by atomic mass is 32.2. The summed E-state index contributed by atoms with van der Waals surface area (Å²) >= 11 is 0. The minimum atomic E-state index is -4.60. The zero-order valence-electron chi connectivity index (χ0n) is 12.7. The molecule has 4 nitrogen and oxygen atoms in total. The molecule has 1 unspecified atom stereocenters. The Morgan fingerprint density at radius 3 is 2.38 bits per heavy atom. The summed E-state index contributed by atoms with van der Waals surface area (Å²) in [5.74, 6) is 0.572. The molecule has 2 aromatic carbocycles. The highest BCUT2D eigenvalue weighted by Gasteiger charge is 2.31. The van der Waals surface area contributed by atoms with Crippen molar-refractivity contribution in [1.29, 1.82) is 0 Å². The molecule has 0 aliphatic carbocycles. The van der Waals surface area contributed by atoms with Crippen LogP contribution in [0.2, 0.25) is 0 Å². The monoisotopic (exact) mass is 359 g/mol. The van der Waals surface area contributed by atoms with E-state index in [1.54, 1.807) is 31.2 Å². The Bertz CT molecular complexity index is 777.